The van der Waals surface area contributed by atoms with Crippen LogP contribution in [0.2, 0.25) is 5.02 Å². The predicted octanol–water partition coefficient (Wildman–Crippen LogP) is 4.56. The highest BCUT2D eigenvalue weighted by Crippen LogP contribution is 2.22. The van der Waals surface area contributed by atoms with Crippen molar-refractivity contribution < 1.29 is 17.6 Å². The summed E-state index contributed by atoms with van der Waals surface area (Å²) in [6.07, 6.45) is 1.55. The lowest BCUT2D eigenvalue weighted by atomic mass is 10.1. The highest BCUT2D eigenvalue weighted by molar-refractivity contribution is 7.89. The smallest absolute Gasteiger partial charge is 0.243 e. The van der Waals surface area contributed by atoms with Crippen LogP contribution in [0.1, 0.15) is 5.56 Å². The van der Waals surface area contributed by atoms with Crippen molar-refractivity contribution >= 4 is 44.1 Å². The van der Waals surface area contributed by atoms with E-state index in [0.29, 0.717) is 5.39 Å². The normalized spacial score (nSPS) is 12.4. The number of nitrogens with one attached hydrogen (secondary N) is 2. The Morgan fingerprint density at radius 2 is 1.76 bits per heavy atom. The lowest BCUT2D eigenvalue weighted by molar-refractivity contribution is -0.117. The fourth-order valence-electron chi connectivity index (χ4n) is 3.39. The molecule has 2 N–H and O–H groups in total. The second-order valence-electron chi connectivity index (χ2n) is 7.31. The van der Waals surface area contributed by atoms with Crippen molar-refractivity contribution in [3.05, 3.63) is 101 Å². The van der Waals surface area contributed by atoms with Gasteiger partial charge in [0.05, 0.1) is 11.2 Å². The van der Waals surface area contributed by atoms with Crippen molar-refractivity contribution in [3.63, 3.8) is 0 Å². The number of benzene rings is 3. The Morgan fingerprint density at radius 1 is 1.00 bits per heavy atom. The molecule has 0 saturated carbocycles. The summed E-state index contributed by atoms with van der Waals surface area (Å²) in [6, 6.07) is 19.8. The molecular formula is C24H19ClFN3O3S. The largest absolute Gasteiger partial charge is 0.322 e. The van der Waals surface area contributed by atoms with Crippen LogP contribution in [0.15, 0.2) is 90.0 Å². The third-order valence-electron chi connectivity index (χ3n) is 4.97. The first kappa shape index (κ1) is 22.8. The molecule has 33 heavy (non-hydrogen) atoms. The highest BCUT2D eigenvalue weighted by Gasteiger charge is 2.28. The number of aromatic nitrogens is 1. The van der Waals surface area contributed by atoms with E-state index in [9.17, 15) is 17.6 Å². The molecule has 9 heteroatoms. The second-order valence-corrected chi connectivity index (χ2v) is 9.43. The Labute approximate surface area is 195 Å². The molecule has 1 heterocycles. The number of pyridine rings is 1. The van der Waals surface area contributed by atoms with Gasteiger partial charge in [-0.15, -0.1) is 0 Å². The Kier molecular flexibility index (Phi) is 6.69. The van der Waals surface area contributed by atoms with E-state index in [1.54, 1.807) is 48.5 Å². The van der Waals surface area contributed by atoms with Crippen LogP contribution >= 0.6 is 11.6 Å². The molecule has 1 atom stereocenters. The van der Waals surface area contributed by atoms with Gasteiger partial charge in [0.2, 0.25) is 15.9 Å². The minimum Gasteiger partial charge on any atom is -0.322 e. The Balaban J connectivity index is 1.67. The molecule has 1 aromatic heterocycles. The summed E-state index contributed by atoms with van der Waals surface area (Å²) >= 11 is 5.78. The van der Waals surface area contributed by atoms with Gasteiger partial charge < -0.3 is 5.32 Å². The van der Waals surface area contributed by atoms with Crippen LogP contribution in [0.3, 0.4) is 0 Å². The quantitative estimate of drug-likeness (QED) is 0.403. The zero-order valence-corrected chi connectivity index (χ0v) is 18.8. The molecule has 0 radical (unpaired) electrons. The van der Waals surface area contributed by atoms with Gasteiger partial charge in [-0.2, -0.15) is 4.72 Å². The van der Waals surface area contributed by atoms with Crippen LogP contribution < -0.4 is 10.0 Å². The van der Waals surface area contributed by atoms with Gasteiger partial charge in [0.25, 0.3) is 0 Å². The van der Waals surface area contributed by atoms with Crippen molar-refractivity contribution in [1.29, 1.82) is 0 Å². The van der Waals surface area contributed by atoms with Crippen molar-refractivity contribution in [2.24, 2.45) is 0 Å². The minimum absolute atomic E-state index is 0.0517. The van der Waals surface area contributed by atoms with Crippen molar-refractivity contribution in [3.8, 4) is 0 Å². The van der Waals surface area contributed by atoms with E-state index < -0.39 is 27.8 Å². The maximum Gasteiger partial charge on any atom is 0.243 e. The number of nitrogens with zero attached hydrogens (tertiary/aromatic N) is 1. The summed E-state index contributed by atoms with van der Waals surface area (Å²) in [5, 5.41) is 3.28. The molecule has 0 aliphatic rings. The van der Waals surface area contributed by atoms with Crippen LogP contribution in [0.4, 0.5) is 10.1 Å². The second kappa shape index (κ2) is 9.66. The van der Waals surface area contributed by atoms with Crippen LogP contribution in [0.5, 0.6) is 0 Å². The maximum atomic E-state index is 14.2. The molecule has 1 amide bonds. The van der Waals surface area contributed by atoms with E-state index in [1.807, 2.05) is 6.07 Å². The molecule has 168 valence electrons. The first-order valence-corrected chi connectivity index (χ1v) is 11.9. The van der Waals surface area contributed by atoms with Gasteiger partial charge in [-0.3, -0.25) is 9.78 Å². The molecule has 0 aliphatic heterocycles. The minimum atomic E-state index is -4.15. The molecule has 0 fully saturated rings. The summed E-state index contributed by atoms with van der Waals surface area (Å²) in [7, 11) is -4.15. The lowest BCUT2D eigenvalue weighted by Gasteiger charge is -2.19. The van der Waals surface area contributed by atoms with Crippen LogP contribution in [0, 0.1) is 5.82 Å². The van der Waals surface area contributed by atoms with Gasteiger partial charge in [0.1, 0.15) is 16.8 Å². The molecule has 4 aromatic rings. The first-order chi connectivity index (χ1) is 15.8. The standard InChI is InChI=1S/C24H19ClFN3O3S/c25-18-11-12-20(19(26)15-18)28-24(30)21(14-16-6-2-1-3-7-16)29-33(31,32)22-10-4-8-17-9-5-13-27-23(17)22/h1-13,15,21,29H,14H2,(H,28,30)/t21-/m1/s1. The van der Waals surface area contributed by atoms with Gasteiger partial charge in [0.15, 0.2) is 0 Å². The predicted molar refractivity (Wildman–Crippen MR) is 126 cm³/mol. The number of anilines is 1. The Morgan fingerprint density at radius 3 is 2.52 bits per heavy atom. The number of carbonyl (C=O) groups excluding carboxylic acids is 1. The van der Waals surface area contributed by atoms with Gasteiger partial charge in [-0.25, -0.2) is 12.8 Å². The third-order valence-corrected chi connectivity index (χ3v) is 6.71. The molecule has 3 aromatic carbocycles. The fraction of sp³-hybridized carbons (Fsp3) is 0.0833. The average molecular weight is 484 g/mol. The van der Waals surface area contributed by atoms with Gasteiger partial charge >= 0.3 is 0 Å². The number of fused-ring (bicyclic) bond motifs is 1. The molecule has 0 spiro atoms. The molecule has 0 saturated heterocycles. The van der Waals surface area contributed by atoms with Crippen molar-refractivity contribution in [2.75, 3.05) is 5.32 Å². The van der Waals surface area contributed by atoms with E-state index in [-0.39, 0.29) is 27.5 Å². The number of sulfonamides is 1. The van der Waals surface area contributed by atoms with Gasteiger partial charge in [-0.1, -0.05) is 60.1 Å². The van der Waals surface area contributed by atoms with Crippen LogP contribution in [-0.2, 0) is 21.2 Å². The van der Waals surface area contributed by atoms with E-state index in [1.165, 1.54) is 24.4 Å². The lowest BCUT2D eigenvalue weighted by Crippen LogP contribution is -2.45. The van der Waals surface area contributed by atoms with Gasteiger partial charge in [-0.05, 0) is 42.3 Å². The number of hydrogen-bond donors (Lipinski definition) is 2. The summed E-state index contributed by atoms with van der Waals surface area (Å²) in [5.74, 6) is -1.44. The summed E-state index contributed by atoms with van der Waals surface area (Å²) in [6.45, 7) is 0. The Bertz CT molecular complexity index is 1410. The molecule has 0 unspecified atom stereocenters. The zero-order valence-electron chi connectivity index (χ0n) is 17.2. The Hall–Kier alpha value is -3.33. The monoisotopic (exact) mass is 483 g/mol. The average Bonchev–Trinajstić information content (AvgIpc) is 2.80. The van der Waals surface area contributed by atoms with Crippen LogP contribution in [0.25, 0.3) is 10.9 Å². The molecule has 0 bridgehead atoms. The molecule has 0 aliphatic carbocycles. The van der Waals surface area contributed by atoms with Crippen LogP contribution in [-0.4, -0.2) is 25.4 Å². The van der Waals surface area contributed by atoms with Crippen molar-refractivity contribution in [2.45, 2.75) is 17.4 Å². The van der Waals surface area contributed by atoms with E-state index in [2.05, 4.69) is 15.0 Å². The maximum absolute atomic E-state index is 14.2. The third kappa shape index (κ3) is 5.36. The van der Waals surface area contributed by atoms with E-state index in [4.69, 9.17) is 11.6 Å². The van der Waals surface area contributed by atoms with E-state index >= 15 is 0 Å². The molecule has 4 rings (SSSR count). The summed E-state index contributed by atoms with van der Waals surface area (Å²) in [5.41, 5.74) is 0.913. The number of hydrogen-bond acceptors (Lipinski definition) is 4. The molecule has 6 nitrogen and oxygen atoms in total. The SMILES string of the molecule is O=C(Nc1ccc(Cl)cc1F)[C@@H](Cc1ccccc1)NS(=O)(=O)c1cccc2cccnc12. The number of halogens is 2. The first-order valence-electron chi connectivity index (χ1n) is 9.99. The highest BCUT2D eigenvalue weighted by atomic mass is 35.5. The number of para-hydroxylation sites is 1. The summed E-state index contributed by atoms with van der Waals surface area (Å²) < 4.78 is 43.3. The topological polar surface area (TPSA) is 88.2 Å². The van der Waals surface area contributed by atoms with E-state index in [0.717, 1.165) is 11.6 Å². The fourth-order valence-corrected chi connectivity index (χ4v) is 4.93. The number of rotatable bonds is 7. The number of carbonyl (C=O) groups is 1. The molecular weight excluding hydrogens is 465 g/mol. The van der Waals surface area contributed by atoms with Crippen molar-refractivity contribution in [1.82, 2.24) is 9.71 Å². The van der Waals surface area contributed by atoms with Gasteiger partial charge in [0, 0.05) is 16.6 Å². The summed E-state index contributed by atoms with van der Waals surface area (Å²) in [4.78, 5) is 17.2. The zero-order chi connectivity index (χ0) is 23.4. The number of amides is 1.